The quantitative estimate of drug-likeness (QED) is 0.497. The Bertz CT molecular complexity index is 963. The molecule has 1 fully saturated rings. The Kier molecular flexibility index (Phi) is 6.87. The van der Waals surface area contributed by atoms with Crippen molar-refractivity contribution in [1.82, 2.24) is 0 Å². The van der Waals surface area contributed by atoms with Crippen molar-refractivity contribution >= 4 is 19.1 Å². The Hall–Kier alpha value is -1.80. The maximum Gasteiger partial charge on any atom is 0.191 e. The van der Waals surface area contributed by atoms with Gasteiger partial charge < -0.3 is 28.5 Å². The number of benzene rings is 2. The first-order chi connectivity index (χ1) is 14.8. The van der Waals surface area contributed by atoms with E-state index in [1.165, 1.54) is 0 Å². The van der Waals surface area contributed by atoms with Gasteiger partial charge in [-0.1, -0.05) is 32.9 Å². The minimum Gasteiger partial charge on any atom is -0.507 e. The summed E-state index contributed by atoms with van der Waals surface area (Å²) in [4.78, 5) is 0. The normalized spacial score (nSPS) is 21.2. The fraction of sp³-hybridized carbons (Fsp3) is 0.600. The number of ether oxygens (including phenoxy) is 4. The number of methoxy groups -OCH3 is 2. The molecule has 3 rings (SSSR count). The van der Waals surface area contributed by atoms with Crippen LogP contribution in [0.4, 0.5) is 0 Å². The average molecular weight is 463 g/mol. The van der Waals surface area contributed by atoms with Gasteiger partial charge in [-0.05, 0) is 50.5 Å². The first kappa shape index (κ1) is 24.8. The van der Waals surface area contributed by atoms with E-state index in [0.717, 1.165) is 5.39 Å². The maximum absolute atomic E-state index is 11.2. The predicted octanol–water partition coefficient (Wildman–Crippen LogP) is 6.17. The molecule has 1 aliphatic rings. The highest BCUT2D eigenvalue weighted by Crippen LogP contribution is 2.48. The second-order valence-electron chi connectivity index (χ2n) is 10.4. The zero-order chi connectivity index (χ0) is 23.9. The van der Waals surface area contributed by atoms with Gasteiger partial charge in [0.1, 0.15) is 23.4 Å². The molecule has 7 heteroatoms. The molecule has 0 bridgehead atoms. The van der Waals surface area contributed by atoms with Crippen molar-refractivity contribution in [3.05, 3.63) is 29.8 Å². The molecule has 178 valence electrons. The van der Waals surface area contributed by atoms with Crippen LogP contribution >= 0.6 is 0 Å². The summed E-state index contributed by atoms with van der Waals surface area (Å²) in [6.07, 6.45) is -0.0376. The highest BCUT2D eigenvalue weighted by atomic mass is 28.4. The fourth-order valence-corrected chi connectivity index (χ4v) is 4.99. The molecule has 0 amide bonds. The summed E-state index contributed by atoms with van der Waals surface area (Å²) < 4.78 is 30.1. The van der Waals surface area contributed by atoms with E-state index in [1.807, 2.05) is 38.1 Å². The van der Waals surface area contributed by atoms with Crippen LogP contribution in [0.1, 0.15) is 52.7 Å². The molecule has 1 N–H and O–H groups in total. The van der Waals surface area contributed by atoms with Crippen LogP contribution in [0.5, 0.6) is 17.2 Å². The third-order valence-corrected chi connectivity index (χ3v) is 11.2. The van der Waals surface area contributed by atoms with Crippen LogP contribution in [0.3, 0.4) is 0 Å². The first-order valence-electron chi connectivity index (χ1n) is 11.2. The molecule has 0 aliphatic carbocycles. The third-order valence-electron chi connectivity index (χ3n) is 6.69. The summed E-state index contributed by atoms with van der Waals surface area (Å²) in [5.41, 5.74) is 0.644. The molecule has 0 spiro atoms. The first-order valence-corrected chi connectivity index (χ1v) is 14.1. The lowest BCUT2D eigenvalue weighted by Crippen LogP contribution is -2.41. The van der Waals surface area contributed by atoms with Crippen molar-refractivity contribution in [2.45, 2.75) is 77.2 Å². The molecule has 0 saturated carbocycles. The van der Waals surface area contributed by atoms with Crippen LogP contribution in [0, 0.1) is 0 Å². The second kappa shape index (κ2) is 8.86. The zero-order valence-electron chi connectivity index (χ0n) is 20.9. The van der Waals surface area contributed by atoms with Crippen molar-refractivity contribution < 1.29 is 28.5 Å². The molecule has 2 atom stereocenters. The molecule has 1 heterocycles. The van der Waals surface area contributed by atoms with Crippen LogP contribution in [0.25, 0.3) is 10.8 Å². The largest absolute Gasteiger partial charge is 0.507 e. The molecular weight excluding hydrogens is 424 g/mol. The van der Waals surface area contributed by atoms with Gasteiger partial charge >= 0.3 is 0 Å². The van der Waals surface area contributed by atoms with Gasteiger partial charge in [0.15, 0.2) is 14.1 Å². The Morgan fingerprint density at radius 3 is 2.31 bits per heavy atom. The second-order valence-corrected chi connectivity index (χ2v) is 15.2. The van der Waals surface area contributed by atoms with Crippen LogP contribution in [-0.4, -0.2) is 46.1 Å². The molecule has 0 radical (unpaired) electrons. The number of aromatic hydroxyl groups is 1. The molecule has 1 saturated heterocycles. The summed E-state index contributed by atoms with van der Waals surface area (Å²) in [6.45, 7) is 15.5. The van der Waals surface area contributed by atoms with E-state index in [1.54, 1.807) is 14.2 Å². The summed E-state index contributed by atoms with van der Waals surface area (Å²) in [5.74, 6) is 0.649. The molecular formula is C25H38O6Si. The lowest BCUT2D eigenvalue weighted by Gasteiger charge is -2.36. The van der Waals surface area contributed by atoms with Crippen molar-refractivity contribution in [3.63, 3.8) is 0 Å². The number of hydrogen-bond acceptors (Lipinski definition) is 6. The third kappa shape index (κ3) is 4.76. The van der Waals surface area contributed by atoms with Crippen LogP contribution < -0.4 is 9.47 Å². The van der Waals surface area contributed by atoms with E-state index >= 15 is 0 Å². The topological polar surface area (TPSA) is 66.4 Å². The van der Waals surface area contributed by atoms with E-state index in [4.69, 9.17) is 23.4 Å². The Balaban J connectivity index is 1.95. The van der Waals surface area contributed by atoms with Gasteiger partial charge in [-0.25, -0.2) is 0 Å². The van der Waals surface area contributed by atoms with Gasteiger partial charge in [0.2, 0.25) is 0 Å². The molecule has 0 unspecified atom stereocenters. The monoisotopic (exact) mass is 462 g/mol. The predicted molar refractivity (Wildman–Crippen MR) is 129 cm³/mol. The molecule has 2 aromatic rings. The average Bonchev–Trinajstić information content (AvgIpc) is 3.01. The Morgan fingerprint density at radius 2 is 1.72 bits per heavy atom. The zero-order valence-corrected chi connectivity index (χ0v) is 21.9. The summed E-state index contributed by atoms with van der Waals surface area (Å²) in [7, 11) is 1.35. The smallest absolute Gasteiger partial charge is 0.191 e. The van der Waals surface area contributed by atoms with Crippen LogP contribution in [0.15, 0.2) is 24.3 Å². The van der Waals surface area contributed by atoms with Gasteiger partial charge in [0, 0.05) is 17.6 Å². The van der Waals surface area contributed by atoms with Crippen molar-refractivity contribution in [3.8, 4) is 17.2 Å². The lowest BCUT2D eigenvalue weighted by molar-refractivity contribution is -0.147. The van der Waals surface area contributed by atoms with Gasteiger partial charge in [0.25, 0.3) is 0 Å². The van der Waals surface area contributed by atoms with Crippen molar-refractivity contribution in [1.29, 1.82) is 0 Å². The van der Waals surface area contributed by atoms with Crippen molar-refractivity contribution in [2.75, 3.05) is 20.8 Å². The molecule has 32 heavy (non-hydrogen) atoms. The molecule has 0 aromatic heterocycles. The number of phenols is 1. The molecule has 2 aromatic carbocycles. The summed E-state index contributed by atoms with van der Waals surface area (Å²) in [6, 6.07) is 7.39. The number of phenolic OH excluding ortho intramolecular Hbond substituents is 1. The lowest BCUT2D eigenvalue weighted by atomic mass is 9.96. The number of hydrogen-bond donors (Lipinski definition) is 1. The van der Waals surface area contributed by atoms with Crippen molar-refractivity contribution in [2.24, 2.45) is 0 Å². The highest BCUT2D eigenvalue weighted by Gasteiger charge is 2.44. The fourth-order valence-electron chi connectivity index (χ4n) is 3.92. The van der Waals surface area contributed by atoms with Gasteiger partial charge in [-0.2, -0.15) is 0 Å². The molecule has 1 aliphatic heterocycles. The van der Waals surface area contributed by atoms with E-state index in [2.05, 4.69) is 33.9 Å². The van der Waals surface area contributed by atoms with E-state index in [-0.39, 0.29) is 16.9 Å². The standard InChI is InChI=1S/C25H38O6Si/c1-24(2,3)32(8,9)29-14-13-19-23(31-25(4,5)30-19)17-15-20(28-7)21-16(22(17)26)11-10-12-18(21)27-6/h10-12,15,19,23,26H,13-14H2,1-9H3/t19-,23-/m1/s1. The summed E-state index contributed by atoms with van der Waals surface area (Å²) in [5, 5.41) is 12.8. The SMILES string of the molecule is COc1cccc2c(O)c([C@H]3OC(C)(C)O[C@@H]3CCO[Si](C)(C)C(C)(C)C)cc(OC)c12. The number of fused-ring (bicyclic) bond motifs is 1. The Morgan fingerprint density at radius 1 is 1.06 bits per heavy atom. The maximum atomic E-state index is 11.2. The summed E-state index contributed by atoms with van der Waals surface area (Å²) >= 11 is 0. The molecule has 6 nitrogen and oxygen atoms in total. The van der Waals surface area contributed by atoms with Gasteiger partial charge in [-0.15, -0.1) is 0 Å². The Labute approximate surface area is 192 Å². The minimum absolute atomic E-state index is 0.141. The van der Waals surface area contributed by atoms with E-state index in [0.29, 0.717) is 35.5 Å². The van der Waals surface area contributed by atoms with E-state index < -0.39 is 20.2 Å². The van der Waals surface area contributed by atoms with Crippen LogP contribution in [0.2, 0.25) is 18.1 Å². The number of rotatable bonds is 7. The minimum atomic E-state index is -1.87. The van der Waals surface area contributed by atoms with Gasteiger partial charge in [-0.3, -0.25) is 0 Å². The van der Waals surface area contributed by atoms with E-state index in [9.17, 15) is 5.11 Å². The van der Waals surface area contributed by atoms with Crippen LogP contribution in [-0.2, 0) is 13.9 Å². The highest BCUT2D eigenvalue weighted by molar-refractivity contribution is 6.74. The van der Waals surface area contributed by atoms with Gasteiger partial charge in [0.05, 0.1) is 25.7 Å².